The number of likely N-dealkylation sites (N-methyl/N-ethyl adjacent to an activating group) is 1. The van der Waals surface area contributed by atoms with Gasteiger partial charge in [0.15, 0.2) is 0 Å². The molecule has 0 saturated carbocycles. The Balaban J connectivity index is 3.02. The molecule has 0 spiro atoms. The van der Waals surface area contributed by atoms with Crippen LogP contribution in [0.3, 0.4) is 0 Å². The maximum Gasteiger partial charge on any atom is 0.323 e. The van der Waals surface area contributed by atoms with Gasteiger partial charge in [0.1, 0.15) is 6.54 Å². The lowest BCUT2D eigenvalue weighted by Gasteiger charge is -2.16. The number of amides is 1. The Morgan fingerprint density at radius 2 is 2.06 bits per heavy atom. The zero-order chi connectivity index (χ0) is 13.0. The molecule has 1 aromatic heterocycles. The molecule has 0 unspecified atom stereocenters. The van der Waals surface area contributed by atoms with Crippen LogP contribution in [0.1, 0.15) is 28.7 Å². The van der Waals surface area contributed by atoms with E-state index in [1.54, 1.807) is 13.0 Å². The van der Waals surface area contributed by atoms with Crippen LogP contribution in [0.25, 0.3) is 0 Å². The van der Waals surface area contributed by atoms with E-state index >= 15 is 0 Å². The van der Waals surface area contributed by atoms with E-state index in [-0.39, 0.29) is 12.5 Å². The third kappa shape index (κ3) is 3.24. The summed E-state index contributed by atoms with van der Waals surface area (Å²) in [4.78, 5) is 23.7. The summed E-state index contributed by atoms with van der Waals surface area (Å²) in [7, 11) is 1.45. The Morgan fingerprint density at radius 1 is 1.41 bits per heavy atom. The molecule has 0 radical (unpaired) electrons. The predicted octanol–water partition coefficient (Wildman–Crippen LogP) is 0.504. The molecule has 1 aromatic rings. The van der Waals surface area contributed by atoms with E-state index in [0.717, 1.165) is 4.90 Å². The van der Waals surface area contributed by atoms with Crippen molar-refractivity contribution in [1.82, 2.24) is 15.1 Å². The second-order valence-corrected chi connectivity index (χ2v) is 3.75. The Bertz CT molecular complexity index is 446. The summed E-state index contributed by atoms with van der Waals surface area (Å²) in [6.07, 6.45) is 0.579. The van der Waals surface area contributed by atoms with E-state index in [0.29, 0.717) is 23.4 Å². The van der Waals surface area contributed by atoms with Crippen molar-refractivity contribution in [2.75, 3.05) is 13.6 Å². The molecule has 0 aromatic carbocycles. The number of carbonyl (C=O) groups excluding carboxylic acids is 1. The van der Waals surface area contributed by atoms with Gasteiger partial charge >= 0.3 is 5.97 Å². The van der Waals surface area contributed by atoms with Crippen LogP contribution in [-0.4, -0.2) is 45.7 Å². The quantitative estimate of drug-likeness (QED) is 0.824. The van der Waals surface area contributed by atoms with Crippen LogP contribution < -0.4 is 0 Å². The van der Waals surface area contributed by atoms with E-state index in [1.807, 2.05) is 6.92 Å². The molecular weight excluding hydrogens is 222 g/mol. The van der Waals surface area contributed by atoms with Crippen LogP contribution in [0.2, 0.25) is 0 Å². The molecule has 0 atom stereocenters. The van der Waals surface area contributed by atoms with Gasteiger partial charge in [-0.2, -0.15) is 10.2 Å². The van der Waals surface area contributed by atoms with Crippen molar-refractivity contribution in [3.05, 3.63) is 23.0 Å². The average Bonchev–Trinajstić information content (AvgIpc) is 2.27. The fourth-order valence-electron chi connectivity index (χ4n) is 1.44. The van der Waals surface area contributed by atoms with Crippen LogP contribution in [0.4, 0.5) is 0 Å². The number of nitrogens with zero attached hydrogens (tertiary/aromatic N) is 3. The van der Waals surface area contributed by atoms with Crippen LogP contribution >= 0.6 is 0 Å². The van der Waals surface area contributed by atoms with Gasteiger partial charge in [-0.25, -0.2) is 0 Å². The smallest absolute Gasteiger partial charge is 0.323 e. The Labute approximate surface area is 99.3 Å². The predicted molar refractivity (Wildman–Crippen MR) is 60.7 cm³/mol. The van der Waals surface area contributed by atoms with Crippen molar-refractivity contribution < 1.29 is 14.7 Å². The number of aliphatic carboxylic acids is 1. The molecule has 6 nitrogen and oxygen atoms in total. The summed E-state index contributed by atoms with van der Waals surface area (Å²) >= 11 is 0. The highest BCUT2D eigenvalue weighted by molar-refractivity contribution is 5.96. The van der Waals surface area contributed by atoms with Gasteiger partial charge in [0, 0.05) is 7.05 Å². The summed E-state index contributed by atoms with van der Waals surface area (Å²) < 4.78 is 0. The summed E-state index contributed by atoms with van der Waals surface area (Å²) in [5.74, 6) is -1.39. The largest absolute Gasteiger partial charge is 0.480 e. The Hall–Kier alpha value is -1.98. The number of carboxylic acid groups (broad SMARTS) is 1. The molecule has 17 heavy (non-hydrogen) atoms. The topological polar surface area (TPSA) is 83.4 Å². The fraction of sp³-hybridized carbons (Fsp3) is 0.455. The number of carbonyl (C=O) groups is 2. The van der Waals surface area contributed by atoms with E-state index in [2.05, 4.69) is 10.2 Å². The Morgan fingerprint density at radius 3 is 2.59 bits per heavy atom. The molecule has 1 N–H and O–H groups in total. The summed E-state index contributed by atoms with van der Waals surface area (Å²) in [6.45, 7) is 3.27. The van der Waals surface area contributed by atoms with E-state index in [4.69, 9.17) is 5.11 Å². The first-order valence-electron chi connectivity index (χ1n) is 5.26. The lowest BCUT2D eigenvalue weighted by Crippen LogP contribution is -2.32. The molecule has 0 aliphatic carbocycles. The van der Waals surface area contributed by atoms with E-state index in [9.17, 15) is 9.59 Å². The van der Waals surface area contributed by atoms with Crippen molar-refractivity contribution in [2.45, 2.75) is 20.3 Å². The monoisotopic (exact) mass is 237 g/mol. The van der Waals surface area contributed by atoms with Crippen LogP contribution in [-0.2, 0) is 11.2 Å². The SMILES string of the molecule is CCc1nnc(C)cc1C(=O)N(C)CC(=O)O. The molecule has 0 fully saturated rings. The van der Waals surface area contributed by atoms with Crippen molar-refractivity contribution in [3.8, 4) is 0 Å². The van der Waals surface area contributed by atoms with Gasteiger partial charge in [0.25, 0.3) is 5.91 Å². The van der Waals surface area contributed by atoms with Gasteiger partial charge in [0.05, 0.1) is 17.0 Å². The molecule has 1 heterocycles. The highest BCUT2D eigenvalue weighted by atomic mass is 16.4. The maximum atomic E-state index is 12.0. The minimum atomic E-state index is -1.04. The molecule has 1 amide bonds. The van der Waals surface area contributed by atoms with Crippen molar-refractivity contribution >= 4 is 11.9 Å². The number of hydrogen-bond acceptors (Lipinski definition) is 4. The standard InChI is InChI=1S/C11H15N3O3/c1-4-9-8(5-7(2)12-13-9)11(17)14(3)6-10(15)16/h5H,4,6H2,1-3H3,(H,15,16). The summed E-state index contributed by atoms with van der Waals surface area (Å²) in [5, 5.41) is 16.4. The molecule has 1 rings (SSSR count). The van der Waals surface area contributed by atoms with Crippen molar-refractivity contribution in [3.63, 3.8) is 0 Å². The lowest BCUT2D eigenvalue weighted by atomic mass is 10.1. The molecule has 0 aliphatic rings. The van der Waals surface area contributed by atoms with Crippen molar-refractivity contribution in [2.24, 2.45) is 0 Å². The zero-order valence-electron chi connectivity index (χ0n) is 10.1. The van der Waals surface area contributed by atoms with E-state index in [1.165, 1.54) is 7.05 Å². The first kappa shape index (κ1) is 13.1. The van der Waals surface area contributed by atoms with Gasteiger partial charge in [0.2, 0.25) is 0 Å². The molecule has 0 saturated heterocycles. The van der Waals surface area contributed by atoms with Gasteiger partial charge in [-0.15, -0.1) is 0 Å². The first-order valence-corrected chi connectivity index (χ1v) is 5.26. The second-order valence-electron chi connectivity index (χ2n) is 3.75. The highest BCUT2D eigenvalue weighted by Gasteiger charge is 2.18. The molecule has 0 aliphatic heterocycles. The highest BCUT2D eigenvalue weighted by Crippen LogP contribution is 2.10. The third-order valence-electron chi connectivity index (χ3n) is 2.28. The maximum absolute atomic E-state index is 12.0. The van der Waals surface area contributed by atoms with Crippen LogP contribution in [0.15, 0.2) is 6.07 Å². The van der Waals surface area contributed by atoms with Gasteiger partial charge < -0.3 is 10.0 Å². The van der Waals surface area contributed by atoms with Crippen LogP contribution in [0, 0.1) is 6.92 Å². The molecular formula is C11H15N3O3. The molecule has 6 heteroatoms. The van der Waals surface area contributed by atoms with E-state index < -0.39 is 5.97 Å². The third-order valence-corrected chi connectivity index (χ3v) is 2.28. The lowest BCUT2D eigenvalue weighted by molar-refractivity contribution is -0.137. The second kappa shape index (κ2) is 5.38. The minimum Gasteiger partial charge on any atom is -0.480 e. The summed E-state index contributed by atoms with van der Waals surface area (Å²) in [6, 6.07) is 1.63. The minimum absolute atomic E-state index is 0.330. The number of carboxylic acids is 1. The number of rotatable bonds is 4. The zero-order valence-corrected chi connectivity index (χ0v) is 10.1. The Kier molecular flexibility index (Phi) is 4.14. The molecule has 0 bridgehead atoms. The van der Waals surface area contributed by atoms with Gasteiger partial charge in [-0.1, -0.05) is 6.92 Å². The number of aryl methyl sites for hydroxylation is 2. The first-order chi connectivity index (χ1) is 7.95. The number of hydrogen-bond donors (Lipinski definition) is 1. The normalized spacial score (nSPS) is 10.1. The average molecular weight is 237 g/mol. The van der Waals surface area contributed by atoms with Crippen LogP contribution in [0.5, 0.6) is 0 Å². The fourth-order valence-corrected chi connectivity index (χ4v) is 1.44. The summed E-state index contributed by atoms with van der Waals surface area (Å²) in [5.41, 5.74) is 1.64. The number of aromatic nitrogens is 2. The van der Waals surface area contributed by atoms with Crippen molar-refractivity contribution in [1.29, 1.82) is 0 Å². The van der Waals surface area contributed by atoms with Gasteiger partial charge in [-0.3, -0.25) is 9.59 Å². The van der Waals surface area contributed by atoms with Gasteiger partial charge in [-0.05, 0) is 19.4 Å². The molecule has 92 valence electrons.